The van der Waals surface area contributed by atoms with Crippen molar-refractivity contribution in [1.82, 2.24) is 0 Å². The second-order valence-corrected chi connectivity index (χ2v) is 4.20. The Morgan fingerprint density at radius 3 is 1.94 bits per heavy atom. The van der Waals surface area contributed by atoms with Crippen LogP contribution in [0.1, 0.15) is 11.1 Å². The van der Waals surface area contributed by atoms with Crippen LogP contribution in [0.25, 0.3) is 0 Å². The van der Waals surface area contributed by atoms with Crippen molar-refractivity contribution in [2.24, 2.45) is 0 Å². The van der Waals surface area contributed by atoms with Crippen LogP contribution in [-0.4, -0.2) is 15.3 Å². The molecule has 3 nitrogen and oxygen atoms in total. The van der Waals surface area contributed by atoms with E-state index >= 15 is 0 Å². The van der Waals surface area contributed by atoms with Crippen LogP contribution in [0.4, 0.5) is 0 Å². The maximum atomic E-state index is 9.64. The minimum absolute atomic E-state index is 0.127. The second-order valence-electron chi connectivity index (χ2n) is 3.77. The smallest absolute Gasteiger partial charge is 0.126 e. The molecule has 0 radical (unpaired) electrons. The van der Waals surface area contributed by atoms with Gasteiger partial charge in [-0.15, -0.1) is 0 Å². The monoisotopic (exact) mass is 250 g/mol. The van der Waals surface area contributed by atoms with E-state index in [4.69, 9.17) is 11.6 Å². The third-order valence-electron chi connectivity index (χ3n) is 2.48. The van der Waals surface area contributed by atoms with Gasteiger partial charge in [-0.2, -0.15) is 0 Å². The van der Waals surface area contributed by atoms with E-state index in [1.54, 1.807) is 12.1 Å². The van der Waals surface area contributed by atoms with E-state index in [1.807, 2.05) is 12.1 Å². The largest absolute Gasteiger partial charge is 0.508 e. The molecule has 2 aromatic carbocycles. The SMILES string of the molecule is Oc1cc(O)c(Cc2ccc(Cl)cc2)c(O)c1. The Kier molecular flexibility index (Phi) is 3.11. The van der Waals surface area contributed by atoms with Crippen LogP contribution in [-0.2, 0) is 6.42 Å². The summed E-state index contributed by atoms with van der Waals surface area (Å²) in [5, 5.41) is 29.1. The van der Waals surface area contributed by atoms with Crippen molar-refractivity contribution in [1.29, 1.82) is 0 Å². The van der Waals surface area contributed by atoms with Crippen molar-refractivity contribution in [3.8, 4) is 17.2 Å². The molecule has 3 N–H and O–H groups in total. The Morgan fingerprint density at radius 1 is 0.882 bits per heavy atom. The molecule has 0 aliphatic rings. The van der Waals surface area contributed by atoms with Gasteiger partial charge in [-0.3, -0.25) is 0 Å². The number of phenols is 3. The Labute approximate surface area is 104 Å². The van der Waals surface area contributed by atoms with Gasteiger partial charge >= 0.3 is 0 Å². The van der Waals surface area contributed by atoms with Crippen LogP contribution in [0.15, 0.2) is 36.4 Å². The zero-order valence-electron chi connectivity index (χ0n) is 8.89. The summed E-state index contributed by atoms with van der Waals surface area (Å²) in [5.74, 6) is -0.422. The van der Waals surface area contributed by atoms with E-state index < -0.39 is 0 Å². The van der Waals surface area contributed by atoms with Crippen LogP contribution < -0.4 is 0 Å². The first kappa shape index (κ1) is 11.6. The van der Waals surface area contributed by atoms with Crippen molar-refractivity contribution in [3.63, 3.8) is 0 Å². The standard InChI is InChI=1S/C13H11ClO3/c14-9-3-1-8(2-4-9)5-11-12(16)6-10(15)7-13(11)17/h1-4,6-7,15-17H,5H2. The third-order valence-corrected chi connectivity index (χ3v) is 2.73. The van der Waals surface area contributed by atoms with Crippen molar-refractivity contribution < 1.29 is 15.3 Å². The van der Waals surface area contributed by atoms with Gasteiger partial charge in [0.05, 0.1) is 0 Å². The van der Waals surface area contributed by atoms with Gasteiger partial charge in [0.1, 0.15) is 17.2 Å². The van der Waals surface area contributed by atoms with Crippen molar-refractivity contribution in [3.05, 3.63) is 52.5 Å². The lowest BCUT2D eigenvalue weighted by Crippen LogP contribution is -1.89. The van der Waals surface area contributed by atoms with Crippen LogP contribution in [0.5, 0.6) is 17.2 Å². The molecule has 0 amide bonds. The van der Waals surface area contributed by atoms with Crippen LogP contribution in [0.2, 0.25) is 5.02 Å². The molecular weight excluding hydrogens is 240 g/mol. The normalized spacial score (nSPS) is 10.4. The fourth-order valence-corrected chi connectivity index (χ4v) is 1.74. The Morgan fingerprint density at radius 2 is 1.41 bits per heavy atom. The Balaban J connectivity index is 2.33. The number of rotatable bonds is 2. The third kappa shape index (κ3) is 2.63. The number of phenolic OH excluding ortho intramolecular Hbond substituents is 3. The average molecular weight is 251 g/mol. The summed E-state index contributed by atoms with van der Waals surface area (Å²) >= 11 is 5.77. The number of aromatic hydroxyl groups is 3. The lowest BCUT2D eigenvalue weighted by Gasteiger charge is -2.08. The fourth-order valence-electron chi connectivity index (χ4n) is 1.61. The molecule has 0 aromatic heterocycles. The van der Waals surface area contributed by atoms with Gasteiger partial charge in [-0.05, 0) is 17.7 Å². The molecule has 0 bridgehead atoms. The highest BCUT2D eigenvalue weighted by atomic mass is 35.5. The van der Waals surface area contributed by atoms with E-state index in [0.717, 1.165) is 5.56 Å². The van der Waals surface area contributed by atoms with Gasteiger partial charge < -0.3 is 15.3 Å². The average Bonchev–Trinajstić information content (AvgIpc) is 2.26. The predicted octanol–water partition coefficient (Wildman–Crippen LogP) is 3.05. The molecule has 4 heteroatoms. The Bertz CT molecular complexity index is 512. The van der Waals surface area contributed by atoms with Gasteiger partial charge in [-0.1, -0.05) is 23.7 Å². The molecule has 88 valence electrons. The van der Waals surface area contributed by atoms with Crippen LogP contribution in [0, 0.1) is 0 Å². The van der Waals surface area contributed by atoms with Gasteiger partial charge in [0.2, 0.25) is 0 Å². The molecule has 0 saturated carbocycles. The molecular formula is C13H11ClO3. The highest BCUT2D eigenvalue weighted by Gasteiger charge is 2.10. The molecule has 0 fully saturated rings. The van der Waals surface area contributed by atoms with E-state index in [9.17, 15) is 15.3 Å². The molecule has 0 spiro atoms. The summed E-state index contributed by atoms with van der Waals surface area (Å²) in [6.45, 7) is 0. The van der Waals surface area contributed by atoms with Crippen molar-refractivity contribution in [2.75, 3.05) is 0 Å². The van der Waals surface area contributed by atoms with Gasteiger partial charge in [-0.25, -0.2) is 0 Å². The lowest BCUT2D eigenvalue weighted by atomic mass is 10.0. The van der Waals surface area contributed by atoms with Crippen molar-refractivity contribution in [2.45, 2.75) is 6.42 Å². The molecule has 0 unspecified atom stereocenters. The van der Waals surface area contributed by atoms with Gasteiger partial charge in [0, 0.05) is 29.1 Å². The quantitative estimate of drug-likeness (QED) is 0.768. The second kappa shape index (κ2) is 4.55. The molecule has 0 aliphatic carbocycles. The minimum atomic E-state index is -0.167. The van der Waals surface area contributed by atoms with Crippen LogP contribution in [0.3, 0.4) is 0 Å². The molecule has 0 aliphatic heterocycles. The molecule has 2 aromatic rings. The first-order valence-electron chi connectivity index (χ1n) is 5.04. The first-order chi connectivity index (χ1) is 8.06. The number of hydrogen-bond acceptors (Lipinski definition) is 3. The topological polar surface area (TPSA) is 60.7 Å². The summed E-state index contributed by atoms with van der Waals surface area (Å²) < 4.78 is 0. The van der Waals surface area contributed by atoms with Crippen LogP contribution >= 0.6 is 11.6 Å². The summed E-state index contributed by atoms with van der Waals surface area (Å²) in [4.78, 5) is 0. The number of hydrogen-bond donors (Lipinski definition) is 3. The van der Waals surface area contributed by atoms with E-state index in [-0.39, 0.29) is 17.2 Å². The molecule has 0 heterocycles. The molecule has 17 heavy (non-hydrogen) atoms. The highest BCUT2D eigenvalue weighted by molar-refractivity contribution is 6.30. The number of halogens is 1. The number of benzene rings is 2. The van der Waals surface area contributed by atoms with Gasteiger partial charge in [0.15, 0.2) is 0 Å². The fraction of sp³-hybridized carbons (Fsp3) is 0.0769. The van der Waals surface area contributed by atoms with Gasteiger partial charge in [0.25, 0.3) is 0 Å². The van der Waals surface area contributed by atoms with E-state index in [2.05, 4.69) is 0 Å². The first-order valence-corrected chi connectivity index (χ1v) is 5.42. The molecule has 0 atom stereocenters. The Hall–Kier alpha value is -1.87. The van der Waals surface area contributed by atoms with Crippen molar-refractivity contribution >= 4 is 11.6 Å². The predicted molar refractivity (Wildman–Crippen MR) is 65.7 cm³/mol. The summed E-state index contributed by atoms with van der Waals surface area (Å²) in [6, 6.07) is 9.51. The van der Waals surface area contributed by atoms with E-state index in [1.165, 1.54) is 12.1 Å². The van der Waals surface area contributed by atoms with E-state index in [0.29, 0.717) is 17.0 Å². The lowest BCUT2D eigenvalue weighted by molar-refractivity contribution is 0.420. The summed E-state index contributed by atoms with van der Waals surface area (Å²) in [6.07, 6.45) is 0.370. The molecule has 2 rings (SSSR count). The zero-order chi connectivity index (χ0) is 12.4. The maximum Gasteiger partial charge on any atom is 0.126 e. The zero-order valence-corrected chi connectivity index (χ0v) is 9.65. The minimum Gasteiger partial charge on any atom is -0.508 e. The highest BCUT2D eigenvalue weighted by Crippen LogP contribution is 2.33. The molecule has 0 saturated heterocycles. The maximum absolute atomic E-state index is 9.64. The summed E-state index contributed by atoms with van der Waals surface area (Å²) in [7, 11) is 0. The summed E-state index contributed by atoms with van der Waals surface area (Å²) in [5.41, 5.74) is 1.29.